The molecule has 1 aliphatic rings. The van der Waals surface area contributed by atoms with Crippen molar-refractivity contribution in [2.24, 2.45) is 5.73 Å². The smallest absolute Gasteiger partial charge is 0.243 e. The van der Waals surface area contributed by atoms with Crippen molar-refractivity contribution in [2.75, 3.05) is 26.3 Å². The van der Waals surface area contributed by atoms with E-state index >= 15 is 0 Å². The van der Waals surface area contributed by atoms with Gasteiger partial charge in [0.1, 0.15) is 0 Å². The number of aliphatic hydroxyl groups is 1. The molecule has 0 spiro atoms. The third-order valence-corrected chi connectivity index (χ3v) is 5.08. The minimum absolute atomic E-state index is 0.164. The van der Waals surface area contributed by atoms with Gasteiger partial charge in [0.15, 0.2) is 0 Å². The van der Waals surface area contributed by atoms with Gasteiger partial charge in [0.25, 0.3) is 0 Å². The number of benzene rings is 1. The molecule has 1 heterocycles. The molecule has 1 saturated heterocycles. The van der Waals surface area contributed by atoms with Crippen LogP contribution in [0.3, 0.4) is 0 Å². The summed E-state index contributed by atoms with van der Waals surface area (Å²) in [6.07, 6.45) is -0.464. The number of nitrogens with two attached hydrogens (primary N) is 1. The maximum absolute atomic E-state index is 12.6. The van der Waals surface area contributed by atoms with Crippen LogP contribution in [0.2, 0.25) is 0 Å². The Hall–Kier alpha value is -0.990. The Morgan fingerprint density at radius 3 is 2.84 bits per heavy atom. The third-order valence-electron chi connectivity index (χ3n) is 3.12. The van der Waals surface area contributed by atoms with Gasteiger partial charge in [0.05, 0.1) is 24.2 Å². The molecular weight excluding hydrogens is 268 g/mol. The van der Waals surface area contributed by atoms with Crippen molar-refractivity contribution in [1.82, 2.24) is 4.31 Å². The molecule has 1 atom stereocenters. The molecule has 1 fully saturated rings. The summed E-state index contributed by atoms with van der Waals surface area (Å²) < 4.78 is 31.7. The minimum Gasteiger partial charge on any atom is -0.394 e. The van der Waals surface area contributed by atoms with E-state index in [1.54, 1.807) is 24.3 Å². The lowest BCUT2D eigenvalue weighted by atomic mass is 10.2. The molecule has 0 aliphatic carbocycles. The van der Waals surface area contributed by atoms with Gasteiger partial charge in [-0.1, -0.05) is 18.2 Å². The third kappa shape index (κ3) is 2.96. The molecule has 7 heteroatoms. The fourth-order valence-corrected chi connectivity index (χ4v) is 3.77. The summed E-state index contributed by atoms with van der Waals surface area (Å²) in [6.45, 7) is 0.721. The van der Waals surface area contributed by atoms with Crippen molar-refractivity contribution in [3.05, 3.63) is 29.8 Å². The van der Waals surface area contributed by atoms with Gasteiger partial charge in [-0.05, 0) is 11.6 Å². The second kappa shape index (κ2) is 5.98. The van der Waals surface area contributed by atoms with Crippen molar-refractivity contribution in [3.8, 4) is 0 Å². The summed E-state index contributed by atoms with van der Waals surface area (Å²) in [6, 6.07) is 6.70. The van der Waals surface area contributed by atoms with Crippen molar-refractivity contribution in [2.45, 2.75) is 17.5 Å². The van der Waals surface area contributed by atoms with Crippen LogP contribution in [0.15, 0.2) is 29.2 Å². The quantitative estimate of drug-likeness (QED) is 0.780. The number of ether oxygens (including phenoxy) is 1. The summed E-state index contributed by atoms with van der Waals surface area (Å²) in [5.41, 5.74) is 6.17. The Bertz CT molecular complexity index is 532. The molecule has 0 saturated carbocycles. The zero-order valence-electron chi connectivity index (χ0n) is 10.5. The SMILES string of the molecule is NCc1ccccc1S(=O)(=O)N1CCOC(CO)C1. The number of sulfonamides is 1. The fraction of sp³-hybridized carbons (Fsp3) is 0.500. The number of rotatable bonds is 4. The van der Waals surface area contributed by atoms with E-state index in [1.807, 2.05) is 0 Å². The van der Waals surface area contributed by atoms with Gasteiger partial charge in [-0.15, -0.1) is 0 Å². The lowest BCUT2D eigenvalue weighted by Gasteiger charge is -2.31. The zero-order valence-corrected chi connectivity index (χ0v) is 11.3. The van der Waals surface area contributed by atoms with Crippen molar-refractivity contribution < 1.29 is 18.3 Å². The summed E-state index contributed by atoms with van der Waals surface area (Å²) in [4.78, 5) is 0.232. The molecule has 106 valence electrons. The number of hydrogen-bond donors (Lipinski definition) is 2. The molecule has 1 unspecified atom stereocenters. The minimum atomic E-state index is -3.59. The molecule has 6 nitrogen and oxygen atoms in total. The van der Waals surface area contributed by atoms with E-state index in [-0.39, 0.29) is 37.7 Å². The van der Waals surface area contributed by atoms with Crippen LogP contribution in [0.25, 0.3) is 0 Å². The molecule has 3 N–H and O–H groups in total. The highest BCUT2D eigenvalue weighted by molar-refractivity contribution is 7.89. The topological polar surface area (TPSA) is 92.9 Å². The van der Waals surface area contributed by atoms with E-state index < -0.39 is 16.1 Å². The van der Waals surface area contributed by atoms with Crippen LogP contribution < -0.4 is 5.73 Å². The first-order valence-corrected chi connectivity index (χ1v) is 7.54. The van der Waals surface area contributed by atoms with Crippen LogP contribution in [-0.4, -0.2) is 50.2 Å². The molecule has 1 aromatic carbocycles. The summed E-state index contributed by atoms with van der Waals surface area (Å²) in [5, 5.41) is 9.08. The van der Waals surface area contributed by atoms with Gasteiger partial charge in [-0.25, -0.2) is 8.42 Å². The number of hydrogen-bond acceptors (Lipinski definition) is 5. The summed E-state index contributed by atoms with van der Waals surface area (Å²) >= 11 is 0. The van der Waals surface area contributed by atoms with Crippen LogP contribution in [0, 0.1) is 0 Å². The Morgan fingerprint density at radius 2 is 2.16 bits per heavy atom. The molecule has 19 heavy (non-hydrogen) atoms. The highest BCUT2D eigenvalue weighted by Crippen LogP contribution is 2.21. The Balaban J connectivity index is 2.31. The first-order chi connectivity index (χ1) is 9.09. The Labute approximate surface area is 112 Å². The van der Waals surface area contributed by atoms with Gasteiger partial charge in [-0.2, -0.15) is 4.31 Å². The number of morpholine rings is 1. The number of nitrogens with zero attached hydrogens (tertiary/aromatic N) is 1. The van der Waals surface area contributed by atoms with Crippen molar-refractivity contribution in [1.29, 1.82) is 0 Å². The molecular formula is C12H18N2O4S. The molecule has 2 rings (SSSR count). The average Bonchev–Trinajstić information content (AvgIpc) is 2.47. The standard InChI is InChI=1S/C12H18N2O4S/c13-7-10-3-1-2-4-12(10)19(16,17)14-5-6-18-11(8-14)9-15/h1-4,11,15H,5-9,13H2. The van der Waals surface area contributed by atoms with Gasteiger partial charge in [0.2, 0.25) is 10.0 Å². The van der Waals surface area contributed by atoms with E-state index in [0.29, 0.717) is 5.56 Å². The summed E-state index contributed by atoms with van der Waals surface area (Å²) in [7, 11) is -3.59. The van der Waals surface area contributed by atoms with E-state index in [9.17, 15) is 8.42 Å². The van der Waals surface area contributed by atoms with Gasteiger partial charge in [-0.3, -0.25) is 0 Å². The summed E-state index contributed by atoms with van der Waals surface area (Å²) in [5.74, 6) is 0. The Morgan fingerprint density at radius 1 is 1.42 bits per heavy atom. The molecule has 1 aromatic rings. The van der Waals surface area contributed by atoms with Gasteiger partial charge >= 0.3 is 0 Å². The maximum Gasteiger partial charge on any atom is 0.243 e. The highest BCUT2D eigenvalue weighted by Gasteiger charge is 2.31. The van der Waals surface area contributed by atoms with E-state index in [0.717, 1.165) is 0 Å². The predicted octanol–water partition coefficient (Wildman–Crippen LogP) is -0.473. The zero-order chi connectivity index (χ0) is 13.9. The van der Waals surface area contributed by atoms with Crippen LogP contribution in [-0.2, 0) is 21.3 Å². The van der Waals surface area contributed by atoms with Gasteiger partial charge in [0, 0.05) is 19.6 Å². The first kappa shape index (κ1) is 14.4. The normalized spacial score (nSPS) is 21.5. The molecule has 1 aliphatic heterocycles. The van der Waals surface area contributed by atoms with Crippen molar-refractivity contribution >= 4 is 10.0 Å². The predicted molar refractivity (Wildman–Crippen MR) is 69.9 cm³/mol. The van der Waals surface area contributed by atoms with E-state index in [2.05, 4.69) is 0 Å². The maximum atomic E-state index is 12.6. The van der Waals surface area contributed by atoms with E-state index in [4.69, 9.17) is 15.6 Å². The molecule has 0 radical (unpaired) electrons. The van der Waals surface area contributed by atoms with Crippen LogP contribution in [0.1, 0.15) is 5.56 Å². The molecule has 0 aromatic heterocycles. The Kier molecular flexibility index (Phi) is 4.54. The second-order valence-corrected chi connectivity index (χ2v) is 6.26. The second-order valence-electron chi connectivity index (χ2n) is 4.35. The first-order valence-electron chi connectivity index (χ1n) is 6.10. The van der Waals surface area contributed by atoms with Gasteiger partial charge < -0.3 is 15.6 Å². The molecule has 0 amide bonds. The monoisotopic (exact) mass is 286 g/mol. The van der Waals surface area contributed by atoms with Crippen LogP contribution in [0.5, 0.6) is 0 Å². The lowest BCUT2D eigenvalue weighted by molar-refractivity contribution is -0.0304. The number of aliphatic hydroxyl groups excluding tert-OH is 1. The van der Waals surface area contributed by atoms with E-state index in [1.165, 1.54) is 4.31 Å². The average molecular weight is 286 g/mol. The lowest BCUT2D eigenvalue weighted by Crippen LogP contribution is -2.47. The molecule has 0 bridgehead atoms. The largest absolute Gasteiger partial charge is 0.394 e. The fourth-order valence-electron chi connectivity index (χ4n) is 2.08. The highest BCUT2D eigenvalue weighted by atomic mass is 32.2. The van der Waals surface area contributed by atoms with Crippen LogP contribution in [0.4, 0.5) is 0 Å². The van der Waals surface area contributed by atoms with Crippen molar-refractivity contribution in [3.63, 3.8) is 0 Å². The van der Waals surface area contributed by atoms with Crippen LogP contribution >= 0.6 is 0 Å².